The third-order valence-electron chi connectivity index (χ3n) is 5.00. The van der Waals surface area contributed by atoms with Gasteiger partial charge in [-0.2, -0.15) is 0 Å². The molecule has 0 spiro atoms. The number of hydrogen-bond donors (Lipinski definition) is 0. The van der Waals surface area contributed by atoms with Gasteiger partial charge in [0.1, 0.15) is 0 Å². The number of hydrogen-bond acceptors (Lipinski definition) is 3. The second-order valence-electron chi connectivity index (χ2n) is 6.51. The third kappa shape index (κ3) is 2.74. The average molecular weight is 320 g/mol. The predicted molar refractivity (Wildman–Crippen MR) is 91.0 cm³/mol. The lowest BCUT2D eigenvalue weighted by molar-refractivity contribution is -0.140. The highest BCUT2D eigenvalue weighted by Gasteiger charge is 2.42. The summed E-state index contributed by atoms with van der Waals surface area (Å²) in [7, 11) is 0. The van der Waals surface area contributed by atoms with Crippen molar-refractivity contribution < 1.29 is 9.59 Å². The van der Waals surface area contributed by atoms with Crippen LogP contribution in [0.2, 0.25) is 0 Å². The molecule has 0 aliphatic carbocycles. The average Bonchev–Trinajstić information content (AvgIpc) is 2.90. The Morgan fingerprint density at radius 1 is 0.917 bits per heavy atom. The second kappa shape index (κ2) is 6.21. The van der Waals surface area contributed by atoms with E-state index in [9.17, 15) is 9.59 Å². The zero-order chi connectivity index (χ0) is 16.5. The molecule has 2 heterocycles. The summed E-state index contributed by atoms with van der Waals surface area (Å²) in [5.74, 6) is -0.115. The Balaban J connectivity index is 1.50. The molecule has 1 atom stereocenters. The molecule has 2 aliphatic heterocycles. The number of amides is 2. The summed E-state index contributed by atoms with van der Waals surface area (Å²) >= 11 is 0. The van der Waals surface area contributed by atoms with Crippen LogP contribution in [0.1, 0.15) is 23.1 Å². The van der Waals surface area contributed by atoms with Gasteiger partial charge in [-0.05, 0) is 23.1 Å². The Labute approximate surface area is 141 Å². The van der Waals surface area contributed by atoms with Gasteiger partial charge in [-0.1, -0.05) is 54.6 Å². The number of nitrogens with zero attached hydrogens (tertiary/aromatic N) is 2. The van der Waals surface area contributed by atoms with E-state index in [1.807, 2.05) is 36.4 Å². The maximum atomic E-state index is 12.8. The van der Waals surface area contributed by atoms with Gasteiger partial charge < -0.3 is 0 Å². The molecule has 4 nitrogen and oxygen atoms in total. The molecule has 2 aromatic rings. The lowest BCUT2D eigenvalue weighted by Gasteiger charge is -2.32. The number of likely N-dealkylation sites (tertiary alicyclic amines) is 1. The van der Waals surface area contributed by atoms with Crippen molar-refractivity contribution in [2.45, 2.75) is 32.0 Å². The van der Waals surface area contributed by atoms with Crippen LogP contribution in [0.4, 0.5) is 0 Å². The van der Waals surface area contributed by atoms with E-state index < -0.39 is 0 Å². The second-order valence-corrected chi connectivity index (χ2v) is 6.51. The Morgan fingerprint density at radius 2 is 1.62 bits per heavy atom. The van der Waals surface area contributed by atoms with E-state index in [-0.39, 0.29) is 17.9 Å². The van der Waals surface area contributed by atoms with E-state index in [4.69, 9.17) is 0 Å². The van der Waals surface area contributed by atoms with E-state index >= 15 is 0 Å². The van der Waals surface area contributed by atoms with E-state index in [1.165, 1.54) is 16.0 Å². The number of rotatable bonds is 3. The van der Waals surface area contributed by atoms with Crippen molar-refractivity contribution in [1.82, 2.24) is 9.80 Å². The Bertz CT molecular complexity index is 772. The molecule has 0 N–H and O–H groups in total. The van der Waals surface area contributed by atoms with Crippen LogP contribution in [0.25, 0.3) is 0 Å². The van der Waals surface area contributed by atoms with Gasteiger partial charge in [-0.3, -0.25) is 19.4 Å². The minimum absolute atomic E-state index is 0.0526. The first-order valence-electron chi connectivity index (χ1n) is 8.41. The highest BCUT2D eigenvalue weighted by atomic mass is 16.2. The van der Waals surface area contributed by atoms with Gasteiger partial charge in [-0.15, -0.1) is 0 Å². The fraction of sp³-hybridized carbons (Fsp3) is 0.300. The molecule has 2 aliphatic rings. The van der Waals surface area contributed by atoms with Crippen molar-refractivity contribution in [3.8, 4) is 0 Å². The van der Waals surface area contributed by atoms with Gasteiger partial charge in [0.05, 0.1) is 19.0 Å². The molecule has 1 saturated heterocycles. The number of imide groups is 1. The fourth-order valence-electron chi connectivity index (χ4n) is 3.67. The van der Waals surface area contributed by atoms with Gasteiger partial charge in [0, 0.05) is 13.1 Å². The summed E-state index contributed by atoms with van der Waals surface area (Å²) in [5, 5.41) is 0. The normalized spacial score (nSPS) is 21.2. The van der Waals surface area contributed by atoms with Gasteiger partial charge in [0.25, 0.3) is 0 Å². The number of fused-ring (bicyclic) bond motifs is 1. The molecular formula is C20H20N2O2. The molecule has 0 radical (unpaired) electrons. The quantitative estimate of drug-likeness (QED) is 0.815. The van der Waals surface area contributed by atoms with Crippen LogP contribution in [0.15, 0.2) is 54.6 Å². The lowest BCUT2D eigenvalue weighted by Crippen LogP contribution is -2.44. The largest absolute Gasteiger partial charge is 0.287 e. The summed E-state index contributed by atoms with van der Waals surface area (Å²) in [6.07, 6.45) is 1.24. The number of carbonyl (C=O) groups excluding carboxylic acids is 2. The highest BCUT2D eigenvalue weighted by molar-refractivity contribution is 6.05. The molecule has 4 heteroatoms. The number of benzene rings is 2. The van der Waals surface area contributed by atoms with E-state index in [0.29, 0.717) is 13.0 Å². The van der Waals surface area contributed by atoms with Crippen LogP contribution in [0, 0.1) is 0 Å². The van der Waals surface area contributed by atoms with Crippen LogP contribution in [0.5, 0.6) is 0 Å². The fourth-order valence-corrected chi connectivity index (χ4v) is 3.67. The minimum atomic E-state index is -0.311. The summed E-state index contributed by atoms with van der Waals surface area (Å²) in [6.45, 7) is 1.96. The summed E-state index contributed by atoms with van der Waals surface area (Å²) < 4.78 is 0. The monoisotopic (exact) mass is 320 g/mol. The topological polar surface area (TPSA) is 40.6 Å². The zero-order valence-corrected chi connectivity index (χ0v) is 13.5. The van der Waals surface area contributed by atoms with Crippen molar-refractivity contribution >= 4 is 11.8 Å². The van der Waals surface area contributed by atoms with Crippen molar-refractivity contribution in [2.24, 2.45) is 0 Å². The van der Waals surface area contributed by atoms with E-state index in [0.717, 1.165) is 25.1 Å². The van der Waals surface area contributed by atoms with E-state index in [2.05, 4.69) is 23.1 Å². The van der Waals surface area contributed by atoms with Crippen LogP contribution in [-0.4, -0.2) is 34.2 Å². The van der Waals surface area contributed by atoms with Crippen LogP contribution in [-0.2, 0) is 29.1 Å². The molecule has 2 amide bonds. The molecule has 24 heavy (non-hydrogen) atoms. The molecular weight excluding hydrogens is 300 g/mol. The van der Waals surface area contributed by atoms with E-state index in [1.54, 1.807) is 0 Å². The van der Waals surface area contributed by atoms with Crippen LogP contribution in [0.3, 0.4) is 0 Å². The number of carbonyl (C=O) groups is 2. The van der Waals surface area contributed by atoms with Crippen LogP contribution >= 0.6 is 0 Å². The van der Waals surface area contributed by atoms with Gasteiger partial charge in [-0.25, -0.2) is 0 Å². The molecule has 0 unspecified atom stereocenters. The molecule has 122 valence electrons. The molecule has 4 rings (SSSR count). The highest BCUT2D eigenvalue weighted by Crippen LogP contribution is 2.26. The Morgan fingerprint density at radius 3 is 2.42 bits per heavy atom. The lowest BCUT2D eigenvalue weighted by atomic mass is 9.98. The molecule has 0 aromatic heterocycles. The van der Waals surface area contributed by atoms with Gasteiger partial charge in [0.2, 0.25) is 11.8 Å². The Hall–Kier alpha value is -2.46. The third-order valence-corrected chi connectivity index (χ3v) is 5.00. The Kier molecular flexibility index (Phi) is 3.90. The summed E-state index contributed by atoms with van der Waals surface area (Å²) in [5.41, 5.74) is 3.61. The van der Waals surface area contributed by atoms with Crippen molar-refractivity contribution in [3.63, 3.8) is 0 Å². The molecule has 2 aromatic carbocycles. The van der Waals surface area contributed by atoms with Gasteiger partial charge in [0.15, 0.2) is 0 Å². The first-order chi connectivity index (χ1) is 11.7. The van der Waals surface area contributed by atoms with Crippen molar-refractivity contribution in [3.05, 3.63) is 71.3 Å². The predicted octanol–water partition coefficient (Wildman–Crippen LogP) is 2.37. The SMILES string of the molecule is O=C1C[C@@H](N2CCc3ccccc3C2)C(=O)N1Cc1ccccc1. The maximum absolute atomic E-state index is 12.8. The first-order valence-corrected chi connectivity index (χ1v) is 8.41. The first kappa shape index (κ1) is 15.1. The van der Waals surface area contributed by atoms with Crippen LogP contribution < -0.4 is 0 Å². The molecule has 0 saturated carbocycles. The summed E-state index contributed by atoms with van der Waals surface area (Å²) in [6, 6.07) is 17.7. The smallest absolute Gasteiger partial charge is 0.247 e. The zero-order valence-electron chi connectivity index (χ0n) is 13.5. The van der Waals surface area contributed by atoms with Crippen molar-refractivity contribution in [2.75, 3.05) is 6.54 Å². The standard InChI is InChI=1S/C20H20N2O2/c23-19-12-18(20(24)22(19)13-15-6-2-1-3-7-15)21-11-10-16-8-4-5-9-17(16)14-21/h1-9,18H,10-14H2/t18-/m1/s1. The van der Waals surface area contributed by atoms with Crippen molar-refractivity contribution in [1.29, 1.82) is 0 Å². The minimum Gasteiger partial charge on any atom is -0.287 e. The maximum Gasteiger partial charge on any atom is 0.247 e. The molecule has 0 bridgehead atoms. The van der Waals surface area contributed by atoms with Gasteiger partial charge >= 0.3 is 0 Å². The summed E-state index contributed by atoms with van der Waals surface area (Å²) in [4.78, 5) is 28.7. The molecule has 1 fully saturated rings.